The fourth-order valence-corrected chi connectivity index (χ4v) is 3.18. The molecule has 0 aliphatic carbocycles. The summed E-state index contributed by atoms with van der Waals surface area (Å²) in [6.07, 6.45) is 1.46. The highest BCUT2D eigenvalue weighted by Crippen LogP contribution is 2.16. The molecule has 0 saturated carbocycles. The molecule has 3 rings (SSSR count). The molecular weight excluding hydrogens is 346 g/mol. The molecule has 0 bridgehead atoms. The van der Waals surface area contributed by atoms with Gasteiger partial charge in [0.15, 0.2) is 6.04 Å². The zero-order valence-corrected chi connectivity index (χ0v) is 16.3. The number of carbonyl (C=O) groups is 1. The SMILES string of the molecule is CCc1cccc(C[C@H](N=C(c2ccccc2)c2ccccc2)C(=O)OC)c1. The molecule has 1 atom stereocenters. The number of nitrogens with zero attached hydrogens (tertiary/aromatic N) is 1. The van der Waals surface area contributed by atoms with E-state index in [2.05, 4.69) is 19.1 Å². The maximum absolute atomic E-state index is 12.5. The number of benzene rings is 3. The van der Waals surface area contributed by atoms with Gasteiger partial charge >= 0.3 is 5.97 Å². The standard InChI is InChI=1S/C25H25NO2/c1-3-19-11-10-12-20(17-19)18-23(25(27)28-2)26-24(21-13-6-4-7-14-21)22-15-8-5-9-16-22/h4-17,23H,3,18H2,1-2H3/t23-/m0/s1. The second kappa shape index (κ2) is 9.65. The fourth-order valence-electron chi connectivity index (χ4n) is 3.18. The molecule has 142 valence electrons. The number of hydrogen-bond acceptors (Lipinski definition) is 3. The summed E-state index contributed by atoms with van der Waals surface area (Å²) in [5.41, 5.74) is 5.08. The molecule has 0 aliphatic rings. The van der Waals surface area contributed by atoms with E-state index in [9.17, 15) is 4.79 Å². The maximum atomic E-state index is 12.5. The van der Waals surface area contributed by atoms with Crippen molar-refractivity contribution in [3.63, 3.8) is 0 Å². The third kappa shape index (κ3) is 4.95. The minimum Gasteiger partial charge on any atom is -0.467 e. The Morgan fingerprint density at radius 2 is 1.43 bits per heavy atom. The minimum atomic E-state index is -0.604. The van der Waals surface area contributed by atoms with Gasteiger partial charge in [-0.15, -0.1) is 0 Å². The molecule has 0 aliphatic heterocycles. The van der Waals surface area contributed by atoms with Gasteiger partial charge in [0, 0.05) is 17.5 Å². The van der Waals surface area contributed by atoms with Crippen LogP contribution in [0.4, 0.5) is 0 Å². The Balaban J connectivity index is 2.03. The van der Waals surface area contributed by atoms with E-state index in [-0.39, 0.29) is 5.97 Å². The number of esters is 1. The predicted octanol–water partition coefficient (Wildman–Crippen LogP) is 4.87. The van der Waals surface area contributed by atoms with E-state index >= 15 is 0 Å². The monoisotopic (exact) mass is 371 g/mol. The lowest BCUT2D eigenvalue weighted by Gasteiger charge is -2.15. The third-order valence-electron chi connectivity index (χ3n) is 4.68. The van der Waals surface area contributed by atoms with Gasteiger partial charge in [-0.2, -0.15) is 0 Å². The zero-order chi connectivity index (χ0) is 19.8. The van der Waals surface area contributed by atoms with Crippen molar-refractivity contribution in [2.24, 2.45) is 4.99 Å². The Morgan fingerprint density at radius 1 is 0.857 bits per heavy atom. The average molecular weight is 371 g/mol. The lowest BCUT2D eigenvalue weighted by atomic mass is 10.00. The molecule has 0 unspecified atom stereocenters. The first-order chi connectivity index (χ1) is 13.7. The van der Waals surface area contributed by atoms with Crippen molar-refractivity contribution in [2.45, 2.75) is 25.8 Å². The molecule has 3 aromatic carbocycles. The molecule has 0 aromatic heterocycles. The van der Waals surface area contributed by atoms with E-state index in [1.165, 1.54) is 12.7 Å². The summed E-state index contributed by atoms with van der Waals surface area (Å²) < 4.78 is 5.07. The van der Waals surface area contributed by atoms with Crippen LogP contribution in [0.1, 0.15) is 29.2 Å². The topological polar surface area (TPSA) is 38.7 Å². The lowest BCUT2D eigenvalue weighted by Crippen LogP contribution is -2.25. The van der Waals surface area contributed by atoms with Crippen molar-refractivity contribution in [2.75, 3.05) is 7.11 Å². The minimum absolute atomic E-state index is 0.328. The Hall–Kier alpha value is -3.20. The number of aryl methyl sites for hydroxylation is 1. The van der Waals surface area contributed by atoms with Crippen molar-refractivity contribution in [1.29, 1.82) is 0 Å². The van der Waals surface area contributed by atoms with Gasteiger partial charge in [0.25, 0.3) is 0 Å². The highest BCUT2D eigenvalue weighted by molar-refractivity contribution is 6.13. The molecule has 0 spiro atoms. The Morgan fingerprint density at radius 3 is 1.96 bits per heavy atom. The molecule has 0 radical (unpaired) electrons. The second-order valence-electron chi connectivity index (χ2n) is 6.63. The summed E-state index contributed by atoms with van der Waals surface area (Å²) in [7, 11) is 1.41. The maximum Gasteiger partial charge on any atom is 0.330 e. The van der Waals surface area contributed by atoms with E-state index < -0.39 is 6.04 Å². The molecule has 0 amide bonds. The summed E-state index contributed by atoms with van der Waals surface area (Å²) in [6.45, 7) is 2.12. The molecule has 28 heavy (non-hydrogen) atoms. The van der Waals surface area contributed by atoms with Gasteiger partial charge in [0.05, 0.1) is 12.8 Å². The number of aliphatic imine (C=N–C) groups is 1. The molecule has 0 fully saturated rings. The second-order valence-corrected chi connectivity index (χ2v) is 6.63. The lowest BCUT2D eigenvalue weighted by molar-refractivity contribution is -0.142. The van der Waals surface area contributed by atoms with Crippen LogP contribution in [0.15, 0.2) is 89.9 Å². The van der Waals surface area contributed by atoms with Crippen LogP contribution in [-0.4, -0.2) is 24.8 Å². The van der Waals surface area contributed by atoms with Gasteiger partial charge in [0.1, 0.15) is 0 Å². The average Bonchev–Trinajstić information content (AvgIpc) is 2.77. The van der Waals surface area contributed by atoms with Crippen molar-refractivity contribution in [3.8, 4) is 0 Å². The fraction of sp³-hybridized carbons (Fsp3) is 0.200. The number of carbonyl (C=O) groups excluding carboxylic acids is 1. The Labute approximate surface area is 166 Å². The smallest absolute Gasteiger partial charge is 0.330 e. The summed E-state index contributed by atoms with van der Waals surface area (Å²) in [5.74, 6) is -0.328. The van der Waals surface area contributed by atoms with Crippen LogP contribution in [0.2, 0.25) is 0 Å². The van der Waals surface area contributed by atoms with E-state index in [1.54, 1.807) is 0 Å². The molecule has 0 saturated heterocycles. The van der Waals surface area contributed by atoms with E-state index in [0.717, 1.165) is 28.8 Å². The van der Waals surface area contributed by atoms with E-state index in [0.29, 0.717) is 6.42 Å². The molecule has 3 nitrogen and oxygen atoms in total. The van der Waals surface area contributed by atoms with Crippen LogP contribution >= 0.6 is 0 Å². The van der Waals surface area contributed by atoms with E-state index in [4.69, 9.17) is 9.73 Å². The Kier molecular flexibility index (Phi) is 6.74. The van der Waals surface area contributed by atoms with Gasteiger partial charge in [0.2, 0.25) is 0 Å². The van der Waals surface area contributed by atoms with E-state index in [1.807, 2.05) is 72.8 Å². The van der Waals surface area contributed by atoms with Crippen molar-refractivity contribution >= 4 is 11.7 Å². The number of rotatable bonds is 7. The third-order valence-corrected chi connectivity index (χ3v) is 4.68. The largest absolute Gasteiger partial charge is 0.467 e. The number of hydrogen-bond donors (Lipinski definition) is 0. The van der Waals surface area contributed by atoms with Crippen LogP contribution in [0.3, 0.4) is 0 Å². The van der Waals surface area contributed by atoms with Crippen LogP contribution in [-0.2, 0) is 22.4 Å². The number of methoxy groups -OCH3 is 1. The summed E-state index contributed by atoms with van der Waals surface area (Å²) in [4.78, 5) is 17.4. The molecule has 3 aromatic rings. The Bertz CT molecular complexity index is 892. The highest BCUT2D eigenvalue weighted by atomic mass is 16.5. The first-order valence-electron chi connectivity index (χ1n) is 9.55. The summed E-state index contributed by atoms with van der Waals surface area (Å²) >= 11 is 0. The van der Waals surface area contributed by atoms with Gasteiger partial charge in [-0.05, 0) is 17.5 Å². The highest BCUT2D eigenvalue weighted by Gasteiger charge is 2.21. The molecular formula is C25H25NO2. The molecule has 3 heteroatoms. The first kappa shape index (κ1) is 19.6. The van der Waals surface area contributed by atoms with Crippen molar-refractivity contribution in [1.82, 2.24) is 0 Å². The molecule has 0 N–H and O–H groups in total. The number of ether oxygens (including phenoxy) is 1. The van der Waals surface area contributed by atoms with Gasteiger partial charge in [-0.25, -0.2) is 4.79 Å². The first-order valence-corrected chi connectivity index (χ1v) is 9.55. The molecule has 0 heterocycles. The van der Waals surface area contributed by atoms with Gasteiger partial charge in [-0.1, -0.05) is 91.9 Å². The van der Waals surface area contributed by atoms with Crippen molar-refractivity contribution < 1.29 is 9.53 Å². The zero-order valence-electron chi connectivity index (χ0n) is 16.3. The summed E-state index contributed by atoms with van der Waals surface area (Å²) in [6, 6.07) is 27.6. The van der Waals surface area contributed by atoms with Crippen LogP contribution < -0.4 is 0 Å². The van der Waals surface area contributed by atoms with Crippen LogP contribution in [0.25, 0.3) is 0 Å². The normalized spacial score (nSPS) is 11.5. The summed E-state index contributed by atoms with van der Waals surface area (Å²) in [5, 5.41) is 0. The quantitative estimate of drug-likeness (QED) is 0.439. The van der Waals surface area contributed by atoms with Crippen LogP contribution in [0, 0.1) is 0 Å². The van der Waals surface area contributed by atoms with Gasteiger partial charge in [-0.3, -0.25) is 4.99 Å². The van der Waals surface area contributed by atoms with Crippen LogP contribution in [0.5, 0.6) is 0 Å². The van der Waals surface area contributed by atoms with Crippen molar-refractivity contribution in [3.05, 3.63) is 107 Å². The predicted molar refractivity (Wildman–Crippen MR) is 114 cm³/mol. The van der Waals surface area contributed by atoms with Gasteiger partial charge < -0.3 is 4.74 Å².